The van der Waals surface area contributed by atoms with E-state index < -0.39 is 12.0 Å². The average Bonchev–Trinajstić information content (AvgIpc) is 2.58. The molecule has 6 heteroatoms. The summed E-state index contributed by atoms with van der Waals surface area (Å²) in [5, 5.41) is 2.60. The molecule has 0 bridgehead atoms. The van der Waals surface area contributed by atoms with E-state index in [2.05, 4.69) is 10.3 Å². The van der Waals surface area contributed by atoms with E-state index in [0.29, 0.717) is 12.1 Å². The SMILES string of the molecule is NC(=O)c1cncc(C=CCNC(=O)OCc2ccccc2)c1. The molecule has 1 aromatic carbocycles. The van der Waals surface area contributed by atoms with E-state index in [1.807, 2.05) is 30.3 Å². The van der Waals surface area contributed by atoms with Gasteiger partial charge in [-0.05, 0) is 17.2 Å². The van der Waals surface area contributed by atoms with Crippen LogP contribution >= 0.6 is 0 Å². The highest BCUT2D eigenvalue weighted by atomic mass is 16.5. The summed E-state index contributed by atoms with van der Waals surface area (Å²) in [7, 11) is 0. The first-order chi connectivity index (χ1) is 11.1. The lowest BCUT2D eigenvalue weighted by Gasteiger charge is -2.05. The van der Waals surface area contributed by atoms with Crippen LogP contribution in [0, 0.1) is 0 Å². The minimum atomic E-state index is -0.532. The number of pyridine rings is 1. The maximum Gasteiger partial charge on any atom is 0.407 e. The summed E-state index contributed by atoms with van der Waals surface area (Å²) in [6.45, 7) is 0.523. The third-order valence-electron chi connectivity index (χ3n) is 2.93. The van der Waals surface area contributed by atoms with Crippen molar-refractivity contribution >= 4 is 18.1 Å². The summed E-state index contributed by atoms with van der Waals surface area (Å²) in [6, 6.07) is 11.1. The Hall–Kier alpha value is -3.15. The molecule has 0 unspecified atom stereocenters. The fourth-order valence-electron chi connectivity index (χ4n) is 1.80. The Morgan fingerprint density at radius 1 is 1.22 bits per heavy atom. The number of benzene rings is 1. The second-order valence-electron chi connectivity index (χ2n) is 4.72. The molecule has 2 amide bonds. The highest BCUT2D eigenvalue weighted by Crippen LogP contribution is 2.04. The number of carbonyl (C=O) groups excluding carboxylic acids is 2. The number of hydrogen-bond acceptors (Lipinski definition) is 4. The Bertz CT molecular complexity index is 699. The lowest BCUT2D eigenvalue weighted by Crippen LogP contribution is -2.24. The summed E-state index contributed by atoms with van der Waals surface area (Å²) in [5.41, 5.74) is 7.16. The molecule has 118 valence electrons. The molecule has 0 aliphatic carbocycles. The van der Waals surface area contributed by atoms with Gasteiger partial charge in [-0.1, -0.05) is 42.5 Å². The fourth-order valence-corrected chi connectivity index (χ4v) is 1.80. The van der Waals surface area contributed by atoms with Gasteiger partial charge in [-0.25, -0.2) is 4.79 Å². The predicted molar refractivity (Wildman–Crippen MR) is 86.4 cm³/mol. The molecule has 1 heterocycles. The molecule has 23 heavy (non-hydrogen) atoms. The number of ether oxygens (including phenoxy) is 1. The number of hydrogen-bond donors (Lipinski definition) is 2. The normalized spacial score (nSPS) is 10.4. The van der Waals surface area contributed by atoms with Crippen LogP contribution in [0.3, 0.4) is 0 Å². The van der Waals surface area contributed by atoms with Gasteiger partial charge >= 0.3 is 6.09 Å². The average molecular weight is 311 g/mol. The van der Waals surface area contributed by atoms with Crippen LogP contribution in [0.5, 0.6) is 0 Å². The molecule has 1 aromatic heterocycles. The Kier molecular flexibility index (Phi) is 5.88. The number of primary amides is 1. The van der Waals surface area contributed by atoms with Crippen molar-refractivity contribution in [2.24, 2.45) is 5.73 Å². The van der Waals surface area contributed by atoms with Crippen molar-refractivity contribution in [1.29, 1.82) is 0 Å². The Labute approximate surface area is 134 Å². The molecule has 0 fully saturated rings. The third-order valence-corrected chi connectivity index (χ3v) is 2.93. The molecule has 0 aliphatic heterocycles. The number of carbonyl (C=O) groups is 2. The van der Waals surface area contributed by atoms with Crippen molar-refractivity contribution in [1.82, 2.24) is 10.3 Å². The molecule has 2 rings (SSSR count). The largest absolute Gasteiger partial charge is 0.445 e. The van der Waals surface area contributed by atoms with Gasteiger partial charge in [-0.2, -0.15) is 0 Å². The number of aromatic nitrogens is 1. The molecule has 0 saturated heterocycles. The van der Waals surface area contributed by atoms with Crippen molar-refractivity contribution in [3.05, 3.63) is 71.6 Å². The van der Waals surface area contributed by atoms with Gasteiger partial charge in [0.25, 0.3) is 0 Å². The molecule has 0 spiro atoms. The predicted octanol–water partition coefficient (Wildman–Crippen LogP) is 2.12. The van der Waals surface area contributed by atoms with E-state index in [1.54, 1.807) is 24.4 Å². The zero-order valence-corrected chi connectivity index (χ0v) is 12.4. The lowest BCUT2D eigenvalue weighted by molar-refractivity contribution is 0.1000. The number of nitrogens with two attached hydrogens (primary N) is 1. The van der Waals surface area contributed by atoms with E-state index in [-0.39, 0.29) is 6.61 Å². The Morgan fingerprint density at radius 2 is 2.00 bits per heavy atom. The van der Waals surface area contributed by atoms with Gasteiger partial charge < -0.3 is 15.8 Å². The van der Waals surface area contributed by atoms with Gasteiger partial charge in [0.15, 0.2) is 0 Å². The van der Waals surface area contributed by atoms with Crippen LogP contribution in [-0.4, -0.2) is 23.5 Å². The molecule has 6 nitrogen and oxygen atoms in total. The van der Waals surface area contributed by atoms with Crippen molar-refractivity contribution in [2.75, 3.05) is 6.54 Å². The Balaban J connectivity index is 1.74. The summed E-state index contributed by atoms with van der Waals surface area (Å²) < 4.78 is 5.07. The number of amides is 2. The van der Waals surface area contributed by atoms with E-state index in [9.17, 15) is 9.59 Å². The minimum Gasteiger partial charge on any atom is -0.445 e. The van der Waals surface area contributed by atoms with E-state index >= 15 is 0 Å². The van der Waals surface area contributed by atoms with Crippen molar-refractivity contribution in [3.8, 4) is 0 Å². The van der Waals surface area contributed by atoms with Crippen LogP contribution in [-0.2, 0) is 11.3 Å². The van der Waals surface area contributed by atoms with Gasteiger partial charge in [0.1, 0.15) is 6.61 Å². The lowest BCUT2D eigenvalue weighted by atomic mass is 10.2. The van der Waals surface area contributed by atoms with Crippen LogP contribution in [0.2, 0.25) is 0 Å². The van der Waals surface area contributed by atoms with Crippen molar-refractivity contribution < 1.29 is 14.3 Å². The Morgan fingerprint density at radius 3 is 2.74 bits per heavy atom. The van der Waals surface area contributed by atoms with Crippen LogP contribution in [0.15, 0.2) is 54.9 Å². The van der Waals surface area contributed by atoms with E-state index in [1.165, 1.54) is 6.20 Å². The first-order valence-electron chi connectivity index (χ1n) is 7.01. The van der Waals surface area contributed by atoms with Crippen LogP contribution in [0.4, 0.5) is 4.79 Å². The smallest absolute Gasteiger partial charge is 0.407 e. The zero-order valence-electron chi connectivity index (χ0n) is 12.4. The minimum absolute atomic E-state index is 0.223. The molecule has 3 N–H and O–H groups in total. The summed E-state index contributed by atoms with van der Waals surface area (Å²) in [5.74, 6) is -0.532. The van der Waals surface area contributed by atoms with Crippen LogP contribution in [0.25, 0.3) is 6.08 Å². The summed E-state index contributed by atoms with van der Waals surface area (Å²) in [6.07, 6.45) is 5.96. The van der Waals surface area contributed by atoms with Gasteiger partial charge in [0.2, 0.25) is 5.91 Å². The molecule has 0 saturated carbocycles. The first kappa shape index (κ1) is 16.2. The maximum atomic E-state index is 11.5. The molecule has 0 atom stereocenters. The number of nitrogens with one attached hydrogen (secondary N) is 1. The highest BCUT2D eigenvalue weighted by Gasteiger charge is 2.01. The number of alkyl carbamates (subject to hydrolysis) is 1. The highest BCUT2D eigenvalue weighted by molar-refractivity contribution is 5.92. The molecule has 0 radical (unpaired) electrons. The monoisotopic (exact) mass is 311 g/mol. The van der Waals surface area contributed by atoms with E-state index in [0.717, 1.165) is 11.1 Å². The van der Waals surface area contributed by atoms with Gasteiger partial charge in [-0.3, -0.25) is 9.78 Å². The molecule has 2 aromatic rings. The van der Waals surface area contributed by atoms with Crippen molar-refractivity contribution in [2.45, 2.75) is 6.61 Å². The topological polar surface area (TPSA) is 94.3 Å². The second-order valence-corrected chi connectivity index (χ2v) is 4.72. The second kappa shape index (κ2) is 8.33. The van der Waals surface area contributed by atoms with Gasteiger partial charge in [0, 0.05) is 18.9 Å². The van der Waals surface area contributed by atoms with Crippen LogP contribution < -0.4 is 11.1 Å². The molecular weight excluding hydrogens is 294 g/mol. The standard InChI is InChI=1S/C17H17N3O3/c18-16(21)15-9-14(10-19-11-15)7-4-8-20-17(22)23-12-13-5-2-1-3-6-13/h1-7,9-11H,8,12H2,(H2,18,21)(H,20,22). The van der Waals surface area contributed by atoms with Gasteiger partial charge in [-0.15, -0.1) is 0 Å². The summed E-state index contributed by atoms with van der Waals surface area (Å²) in [4.78, 5) is 26.5. The van der Waals surface area contributed by atoms with Gasteiger partial charge in [0.05, 0.1) is 5.56 Å². The number of nitrogens with zero attached hydrogens (tertiary/aromatic N) is 1. The quantitative estimate of drug-likeness (QED) is 0.854. The molecular formula is C17H17N3O3. The fraction of sp³-hybridized carbons (Fsp3) is 0.118. The third kappa shape index (κ3) is 5.62. The van der Waals surface area contributed by atoms with E-state index in [4.69, 9.17) is 10.5 Å². The molecule has 0 aliphatic rings. The number of rotatable bonds is 6. The zero-order chi connectivity index (χ0) is 16.5. The summed E-state index contributed by atoms with van der Waals surface area (Å²) >= 11 is 0. The van der Waals surface area contributed by atoms with Crippen LogP contribution in [0.1, 0.15) is 21.5 Å². The maximum absolute atomic E-state index is 11.5. The van der Waals surface area contributed by atoms with Crippen molar-refractivity contribution in [3.63, 3.8) is 0 Å². The first-order valence-corrected chi connectivity index (χ1v) is 7.01.